The molecule has 0 unspecified atom stereocenters. The van der Waals surface area contributed by atoms with E-state index in [1.807, 2.05) is 30.3 Å². The molecule has 0 fully saturated rings. The van der Waals surface area contributed by atoms with Gasteiger partial charge in [-0.15, -0.1) is 11.3 Å². The molecule has 9 nitrogen and oxygen atoms in total. The number of hydrogen-bond donors (Lipinski definition) is 4. The Bertz CT molecular complexity index is 1530. The SMILES string of the molecule is Nc1[nH]nc2ncc(-c3ccc(CNc4ncc(C(F)(F)F)cc4C(=O)Nc4cncs4)cc3)cc12. The lowest BCUT2D eigenvalue weighted by atomic mass is 10.0. The van der Waals surface area contributed by atoms with E-state index in [-0.39, 0.29) is 17.9 Å². The highest BCUT2D eigenvalue weighted by Crippen LogP contribution is 2.31. The monoisotopic (exact) mass is 510 g/mol. The van der Waals surface area contributed by atoms with Crippen LogP contribution in [0.1, 0.15) is 21.5 Å². The van der Waals surface area contributed by atoms with Crippen LogP contribution in [0.2, 0.25) is 0 Å². The van der Waals surface area contributed by atoms with E-state index < -0.39 is 17.6 Å². The molecular weight excluding hydrogens is 493 g/mol. The number of rotatable bonds is 6. The van der Waals surface area contributed by atoms with Gasteiger partial charge in [0.2, 0.25) is 0 Å². The number of nitrogens with zero attached hydrogens (tertiary/aromatic N) is 4. The number of halogens is 3. The summed E-state index contributed by atoms with van der Waals surface area (Å²) in [7, 11) is 0. The lowest BCUT2D eigenvalue weighted by Crippen LogP contribution is -2.17. The zero-order valence-electron chi connectivity index (χ0n) is 18.3. The highest BCUT2D eigenvalue weighted by Gasteiger charge is 2.32. The summed E-state index contributed by atoms with van der Waals surface area (Å²) >= 11 is 1.15. The van der Waals surface area contributed by atoms with Gasteiger partial charge in [-0.2, -0.15) is 18.3 Å². The van der Waals surface area contributed by atoms with Crippen molar-refractivity contribution in [3.8, 4) is 11.1 Å². The normalized spacial score (nSPS) is 11.5. The number of benzene rings is 1. The number of carbonyl (C=O) groups excluding carboxylic acids is 1. The van der Waals surface area contributed by atoms with Crippen LogP contribution >= 0.6 is 11.3 Å². The number of anilines is 3. The van der Waals surface area contributed by atoms with E-state index in [9.17, 15) is 18.0 Å². The van der Waals surface area contributed by atoms with Crippen LogP contribution in [0.5, 0.6) is 0 Å². The summed E-state index contributed by atoms with van der Waals surface area (Å²) in [6.45, 7) is 0.228. The van der Waals surface area contributed by atoms with Gasteiger partial charge in [0, 0.05) is 24.5 Å². The summed E-state index contributed by atoms with van der Waals surface area (Å²) in [5.41, 5.74) is 9.23. The fourth-order valence-corrected chi connectivity index (χ4v) is 3.98. The molecule has 0 aliphatic carbocycles. The van der Waals surface area contributed by atoms with Crippen molar-refractivity contribution >= 4 is 44.9 Å². The summed E-state index contributed by atoms with van der Waals surface area (Å²) in [5, 5.41) is 13.3. The Hall–Kier alpha value is -4.52. The molecule has 0 spiro atoms. The Labute approximate surface area is 205 Å². The lowest BCUT2D eigenvalue weighted by molar-refractivity contribution is -0.137. The van der Waals surface area contributed by atoms with Crippen molar-refractivity contribution in [3.63, 3.8) is 0 Å². The van der Waals surface area contributed by atoms with Crippen LogP contribution in [0, 0.1) is 0 Å². The Morgan fingerprint density at radius 2 is 1.86 bits per heavy atom. The molecule has 0 aliphatic heterocycles. The van der Waals surface area contributed by atoms with Crippen LogP contribution in [0.3, 0.4) is 0 Å². The molecule has 0 saturated heterocycles. The molecule has 5 rings (SSSR count). The maximum atomic E-state index is 13.2. The van der Waals surface area contributed by atoms with E-state index in [1.54, 1.807) is 6.20 Å². The average molecular weight is 511 g/mol. The smallest absolute Gasteiger partial charge is 0.384 e. The average Bonchev–Trinajstić information content (AvgIpc) is 3.52. The Balaban J connectivity index is 1.35. The minimum absolute atomic E-state index is 0.0270. The second kappa shape index (κ2) is 9.26. The zero-order valence-corrected chi connectivity index (χ0v) is 19.1. The molecule has 1 amide bonds. The van der Waals surface area contributed by atoms with Crippen molar-refractivity contribution in [2.45, 2.75) is 12.7 Å². The minimum Gasteiger partial charge on any atom is -0.384 e. The summed E-state index contributed by atoms with van der Waals surface area (Å²) in [5.74, 6) is -0.268. The molecule has 13 heteroatoms. The standard InChI is InChI=1S/C23H17F3N8OS/c24-23(25,26)15-6-17(22(35)32-18-10-28-11-36-18)20(31-9-15)29-7-12-1-3-13(4-2-12)14-5-16-19(27)33-34-21(16)30-8-14/h1-6,8-11H,7H2,(H,29,31)(H,32,35)(H3,27,30,33,34). The van der Waals surface area contributed by atoms with Crippen LogP contribution < -0.4 is 16.4 Å². The Kier molecular flexibility index (Phi) is 5.98. The molecule has 0 bridgehead atoms. The quantitative estimate of drug-likeness (QED) is 0.254. The molecule has 4 heterocycles. The van der Waals surface area contributed by atoms with E-state index in [0.29, 0.717) is 22.7 Å². The molecule has 5 aromatic rings. The maximum absolute atomic E-state index is 13.2. The first-order chi connectivity index (χ1) is 17.3. The van der Waals surface area contributed by atoms with E-state index in [2.05, 4.69) is 35.8 Å². The summed E-state index contributed by atoms with van der Waals surface area (Å²) < 4.78 is 39.7. The van der Waals surface area contributed by atoms with Crippen LogP contribution in [0.15, 0.2) is 60.5 Å². The number of aromatic amines is 1. The van der Waals surface area contributed by atoms with Gasteiger partial charge in [-0.25, -0.2) is 9.97 Å². The molecule has 4 aromatic heterocycles. The van der Waals surface area contributed by atoms with Crippen molar-refractivity contribution in [2.24, 2.45) is 0 Å². The highest BCUT2D eigenvalue weighted by molar-refractivity contribution is 7.14. The number of amides is 1. The van der Waals surface area contributed by atoms with Gasteiger partial charge in [0.25, 0.3) is 5.91 Å². The van der Waals surface area contributed by atoms with E-state index in [4.69, 9.17) is 5.73 Å². The number of aromatic nitrogens is 5. The number of thiazole rings is 1. The van der Waals surface area contributed by atoms with E-state index in [1.165, 1.54) is 11.7 Å². The van der Waals surface area contributed by atoms with Gasteiger partial charge in [-0.1, -0.05) is 24.3 Å². The van der Waals surface area contributed by atoms with E-state index in [0.717, 1.165) is 39.5 Å². The summed E-state index contributed by atoms with van der Waals surface area (Å²) in [6, 6.07) is 10.1. The number of nitrogen functional groups attached to an aromatic ring is 1. The number of nitrogens with one attached hydrogen (secondary N) is 3. The number of alkyl halides is 3. The van der Waals surface area contributed by atoms with Crippen molar-refractivity contribution in [1.82, 2.24) is 25.1 Å². The van der Waals surface area contributed by atoms with Gasteiger partial charge in [0.05, 0.1) is 28.2 Å². The van der Waals surface area contributed by atoms with Crippen molar-refractivity contribution in [1.29, 1.82) is 0 Å². The van der Waals surface area contributed by atoms with Crippen LogP contribution in [-0.4, -0.2) is 31.1 Å². The topological polar surface area (TPSA) is 134 Å². The largest absolute Gasteiger partial charge is 0.417 e. The van der Waals surface area contributed by atoms with Gasteiger partial charge in [0.1, 0.15) is 16.6 Å². The summed E-state index contributed by atoms with van der Waals surface area (Å²) in [4.78, 5) is 24.7. The second-order valence-corrected chi connectivity index (χ2v) is 8.61. The van der Waals surface area contributed by atoms with Gasteiger partial charge in [0.15, 0.2) is 5.65 Å². The van der Waals surface area contributed by atoms with E-state index >= 15 is 0 Å². The predicted octanol–water partition coefficient (Wildman–Crippen LogP) is 4.94. The third-order valence-corrected chi connectivity index (χ3v) is 6.00. The third kappa shape index (κ3) is 4.81. The van der Waals surface area contributed by atoms with Crippen LogP contribution in [-0.2, 0) is 12.7 Å². The molecule has 0 saturated carbocycles. The number of pyridine rings is 2. The van der Waals surface area contributed by atoms with Gasteiger partial charge in [-0.3, -0.25) is 14.9 Å². The molecule has 1 aromatic carbocycles. The van der Waals surface area contributed by atoms with Crippen molar-refractivity contribution in [3.05, 3.63) is 77.2 Å². The van der Waals surface area contributed by atoms with Gasteiger partial charge >= 0.3 is 6.18 Å². The second-order valence-electron chi connectivity index (χ2n) is 7.72. The van der Waals surface area contributed by atoms with Crippen LogP contribution in [0.4, 0.5) is 29.8 Å². The molecule has 0 atom stereocenters. The Morgan fingerprint density at radius 3 is 2.58 bits per heavy atom. The summed E-state index contributed by atoms with van der Waals surface area (Å²) in [6.07, 6.45) is -0.845. The number of H-pyrrole nitrogens is 1. The number of fused-ring (bicyclic) bond motifs is 1. The molecule has 5 N–H and O–H groups in total. The fraction of sp³-hybridized carbons (Fsp3) is 0.0870. The first-order valence-corrected chi connectivity index (χ1v) is 11.4. The van der Waals surface area contributed by atoms with Gasteiger partial charge < -0.3 is 16.4 Å². The minimum atomic E-state index is -4.64. The maximum Gasteiger partial charge on any atom is 0.417 e. The first kappa shape index (κ1) is 23.2. The number of carbonyl (C=O) groups is 1. The van der Waals surface area contributed by atoms with Gasteiger partial charge in [-0.05, 0) is 23.3 Å². The van der Waals surface area contributed by atoms with Crippen molar-refractivity contribution < 1.29 is 18.0 Å². The molecule has 0 aliphatic rings. The fourth-order valence-electron chi connectivity index (χ4n) is 3.47. The highest BCUT2D eigenvalue weighted by atomic mass is 32.1. The molecule has 0 radical (unpaired) electrons. The lowest BCUT2D eigenvalue weighted by Gasteiger charge is -2.14. The molecule has 36 heavy (non-hydrogen) atoms. The Morgan fingerprint density at radius 1 is 1.06 bits per heavy atom. The predicted molar refractivity (Wildman–Crippen MR) is 130 cm³/mol. The number of nitrogens with two attached hydrogens (primary N) is 1. The zero-order chi connectivity index (χ0) is 25.3. The third-order valence-electron chi connectivity index (χ3n) is 5.32. The van der Waals surface area contributed by atoms with Crippen molar-refractivity contribution in [2.75, 3.05) is 16.4 Å². The molecule has 182 valence electrons. The first-order valence-electron chi connectivity index (χ1n) is 10.5. The van der Waals surface area contributed by atoms with Crippen LogP contribution in [0.25, 0.3) is 22.2 Å². The molecular formula is C23H17F3N8OS. The number of hydrogen-bond acceptors (Lipinski definition) is 8.